The summed E-state index contributed by atoms with van der Waals surface area (Å²) in [6.07, 6.45) is 2.34. The molecular weight excluding hydrogens is 298 g/mol. The van der Waals surface area contributed by atoms with E-state index in [1.807, 2.05) is 32.3 Å². The van der Waals surface area contributed by atoms with Gasteiger partial charge in [-0.25, -0.2) is 4.79 Å². The molecule has 2 aromatic rings. The summed E-state index contributed by atoms with van der Waals surface area (Å²) in [6, 6.07) is -0.270. The van der Waals surface area contributed by atoms with Crippen molar-refractivity contribution in [2.24, 2.45) is 0 Å². The molecule has 0 aliphatic rings. The van der Waals surface area contributed by atoms with Gasteiger partial charge >= 0.3 is 6.03 Å². The zero-order valence-corrected chi connectivity index (χ0v) is 14.1. The Hall–Kier alpha value is -2.45. The highest BCUT2D eigenvalue weighted by Gasteiger charge is 2.20. The maximum atomic E-state index is 12.3. The number of urea groups is 1. The number of hydrogen-bond acceptors (Lipinski definition) is 6. The Morgan fingerprint density at radius 1 is 1.43 bits per heavy atom. The summed E-state index contributed by atoms with van der Waals surface area (Å²) in [5.41, 5.74) is 0. The standard InChI is InChI=1S/C14H23N7O2/c1-6-12-17-11(19-23-12)7-20(5)14(22)16-10(4)13-18-15-8-21(13)9(2)3/h8-10H,6-7H2,1-5H3,(H,16,22). The highest BCUT2D eigenvalue weighted by atomic mass is 16.5. The first kappa shape index (κ1) is 16.9. The van der Waals surface area contributed by atoms with Gasteiger partial charge in [-0.2, -0.15) is 4.98 Å². The third-order valence-electron chi connectivity index (χ3n) is 3.42. The van der Waals surface area contributed by atoms with Crippen molar-refractivity contribution in [1.29, 1.82) is 0 Å². The van der Waals surface area contributed by atoms with E-state index in [9.17, 15) is 4.79 Å². The van der Waals surface area contributed by atoms with Crippen molar-refractivity contribution in [3.8, 4) is 0 Å². The summed E-state index contributed by atoms with van der Waals surface area (Å²) in [6.45, 7) is 8.15. The molecule has 2 heterocycles. The quantitative estimate of drug-likeness (QED) is 0.869. The molecule has 1 atom stereocenters. The molecule has 1 N–H and O–H groups in total. The molecule has 0 radical (unpaired) electrons. The monoisotopic (exact) mass is 321 g/mol. The maximum Gasteiger partial charge on any atom is 0.318 e. The van der Waals surface area contributed by atoms with Crippen molar-refractivity contribution < 1.29 is 9.32 Å². The van der Waals surface area contributed by atoms with Gasteiger partial charge in [0, 0.05) is 19.5 Å². The molecule has 126 valence electrons. The van der Waals surface area contributed by atoms with Gasteiger partial charge in [0.05, 0.1) is 12.6 Å². The van der Waals surface area contributed by atoms with Crippen LogP contribution in [0.4, 0.5) is 4.79 Å². The largest absolute Gasteiger partial charge is 0.339 e. The Morgan fingerprint density at radius 2 is 2.17 bits per heavy atom. The third kappa shape index (κ3) is 4.05. The second kappa shape index (κ2) is 7.21. The van der Waals surface area contributed by atoms with Gasteiger partial charge in [-0.3, -0.25) is 0 Å². The Morgan fingerprint density at radius 3 is 2.78 bits per heavy atom. The van der Waals surface area contributed by atoms with Crippen LogP contribution in [0.15, 0.2) is 10.9 Å². The van der Waals surface area contributed by atoms with Crippen LogP contribution in [0.1, 0.15) is 57.3 Å². The maximum absolute atomic E-state index is 12.3. The highest BCUT2D eigenvalue weighted by Crippen LogP contribution is 2.14. The van der Waals surface area contributed by atoms with Crippen LogP contribution in [0, 0.1) is 0 Å². The van der Waals surface area contributed by atoms with Gasteiger partial charge in [0.1, 0.15) is 6.33 Å². The fourth-order valence-corrected chi connectivity index (χ4v) is 2.10. The fraction of sp³-hybridized carbons (Fsp3) is 0.643. The highest BCUT2D eigenvalue weighted by molar-refractivity contribution is 5.74. The van der Waals surface area contributed by atoms with Gasteiger partial charge in [-0.1, -0.05) is 12.1 Å². The summed E-state index contributed by atoms with van der Waals surface area (Å²) in [7, 11) is 1.68. The van der Waals surface area contributed by atoms with Crippen LogP contribution in [0.3, 0.4) is 0 Å². The van der Waals surface area contributed by atoms with Crippen LogP contribution < -0.4 is 5.32 Å². The minimum atomic E-state index is -0.258. The number of rotatable bonds is 6. The van der Waals surface area contributed by atoms with Gasteiger partial charge in [0.25, 0.3) is 0 Å². The number of nitrogens with one attached hydrogen (secondary N) is 1. The van der Waals surface area contributed by atoms with E-state index in [1.165, 1.54) is 4.90 Å². The first-order valence-electron chi connectivity index (χ1n) is 7.64. The van der Waals surface area contributed by atoms with Crippen LogP contribution in [0.5, 0.6) is 0 Å². The van der Waals surface area contributed by atoms with Gasteiger partial charge in [0.15, 0.2) is 11.6 Å². The normalized spacial score (nSPS) is 12.4. The summed E-state index contributed by atoms with van der Waals surface area (Å²) >= 11 is 0. The van der Waals surface area contributed by atoms with E-state index in [4.69, 9.17) is 4.52 Å². The van der Waals surface area contributed by atoms with Crippen LogP contribution in [-0.4, -0.2) is 42.9 Å². The van der Waals surface area contributed by atoms with Crippen molar-refractivity contribution in [1.82, 2.24) is 35.1 Å². The summed E-state index contributed by atoms with van der Waals surface area (Å²) in [5, 5.41) is 14.7. The molecule has 0 aliphatic carbocycles. The lowest BCUT2D eigenvalue weighted by Crippen LogP contribution is -2.39. The number of aromatic nitrogens is 5. The van der Waals surface area contributed by atoms with E-state index in [0.29, 0.717) is 18.1 Å². The zero-order chi connectivity index (χ0) is 17.0. The molecule has 0 aliphatic heterocycles. The van der Waals surface area contributed by atoms with Gasteiger partial charge < -0.3 is 19.3 Å². The first-order valence-corrected chi connectivity index (χ1v) is 7.64. The third-order valence-corrected chi connectivity index (χ3v) is 3.42. The zero-order valence-electron chi connectivity index (χ0n) is 14.1. The van der Waals surface area contributed by atoms with Crippen molar-refractivity contribution in [2.45, 2.75) is 52.7 Å². The van der Waals surface area contributed by atoms with Crippen LogP contribution >= 0.6 is 0 Å². The lowest BCUT2D eigenvalue weighted by molar-refractivity contribution is 0.201. The molecule has 0 saturated carbocycles. The number of amides is 2. The summed E-state index contributed by atoms with van der Waals surface area (Å²) < 4.78 is 6.96. The molecule has 9 heteroatoms. The smallest absolute Gasteiger partial charge is 0.318 e. The second-order valence-electron chi connectivity index (χ2n) is 5.68. The Bertz CT molecular complexity index is 649. The number of hydrogen-bond donors (Lipinski definition) is 1. The molecule has 9 nitrogen and oxygen atoms in total. The van der Waals surface area contributed by atoms with E-state index >= 15 is 0 Å². The molecule has 0 fully saturated rings. The van der Waals surface area contributed by atoms with Gasteiger partial charge in [0.2, 0.25) is 5.89 Å². The molecule has 0 saturated heterocycles. The van der Waals surface area contributed by atoms with Gasteiger partial charge in [-0.15, -0.1) is 10.2 Å². The predicted molar refractivity (Wildman–Crippen MR) is 82.5 cm³/mol. The lowest BCUT2D eigenvalue weighted by atomic mass is 10.3. The molecule has 23 heavy (non-hydrogen) atoms. The average molecular weight is 321 g/mol. The Kier molecular flexibility index (Phi) is 5.30. The average Bonchev–Trinajstić information content (AvgIpc) is 3.15. The topological polar surface area (TPSA) is 102 Å². The molecule has 2 aromatic heterocycles. The summed E-state index contributed by atoms with van der Waals surface area (Å²) in [5.74, 6) is 1.76. The van der Waals surface area contributed by atoms with Crippen molar-refractivity contribution in [2.75, 3.05) is 7.05 Å². The molecule has 2 rings (SSSR count). The molecule has 2 amide bonds. The molecule has 0 bridgehead atoms. The number of nitrogens with zero attached hydrogens (tertiary/aromatic N) is 6. The van der Waals surface area contributed by atoms with Gasteiger partial charge in [-0.05, 0) is 20.8 Å². The van der Waals surface area contributed by atoms with Crippen molar-refractivity contribution >= 4 is 6.03 Å². The Labute approximate surface area is 135 Å². The molecule has 0 aromatic carbocycles. The van der Waals surface area contributed by atoms with E-state index < -0.39 is 0 Å². The fourth-order valence-electron chi connectivity index (χ4n) is 2.10. The van der Waals surface area contributed by atoms with Crippen molar-refractivity contribution in [3.05, 3.63) is 23.9 Å². The van der Waals surface area contributed by atoms with Crippen molar-refractivity contribution in [3.63, 3.8) is 0 Å². The summed E-state index contributed by atoms with van der Waals surface area (Å²) in [4.78, 5) is 18.0. The molecule has 0 spiro atoms. The van der Waals surface area contributed by atoms with Crippen LogP contribution in [0.2, 0.25) is 0 Å². The molecular formula is C14H23N7O2. The van der Waals surface area contributed by atoms with E-state index in [1.54, 1.807) is 13.4 Å². The van der Waals surface area contributed by atoms with E-state index in [0.717, 1.165) is 5.82 Å². The minimum absolute atomic E-state index is 0.226. The lowest BCUT2D eigenvalue weighted by Gasteiger charge is -2.21. The molecule has 1 unspecified atom stereocenters. The number of aryl methyl sites for hydroxylation is 1. The second-order valence-corrected chi connectivity index (χ2v) is 5.68. The van der Waals surface area contributed by atoms with E-state index in [2.05, 4.69) is 25.7 Å². The SMILES string of the molecule is CCc1nc(CN(C)C(=O)NC(C)c2nncn2C(C)C)no1. The van der Waals surface area contributed by atoms with Crippen LogP contribution in [0.25, 0.3) is 0 Å². The van der Waals surface area contributed by atoms with Crippen LogP contribution in [-0.2, 0) is 13.0 Å². The Balaban J connectivity index is 1.96. The predicted octanol–water partition coefficient (Wildman–Crippen LogP) is 1.71. The number of carbonyl (C=O) groups is 1. The number of carbonyl (C=O) groups excluding carboxylic acids is 1. The minimum Gasteiger partial charge on any atom is -0.339 e. The first-order chi connectivity index (χ1) is 10.9. The van der Waals surface area contributed by atoms with E-state index in [-0.39, 0.29) is 24.7 Å².